The van der Waals surface area contributed by atoms with Gasteiger partial charge in [-0.15, -0.1) is 0 Å². The molecule has 2 unspecified atom stereocenters. The summed E-state index contributed by atoms with van der Waals surface area (Å²) >= 11 is 0. The van der Waals surface area contributed by atoms with Crippen LogP contribution in [0.15, 0.2) is 18.2 Å². The standard InChI is InChI=1S/C16H24O2/c1-11-10-12(18-4)7-8-13(11)15(17)14-6-5-9-16(14,2)3/h7-8,10,14-15,17H,5-6,9H2,1-4H3. The van der Waals surface area contributed by atoms with Crippen molar-refractivity contribution in [3.8, 4) is 5.75 Å². The highest BCUT2D eigenvalue weighted by molar-refractivity contribution is 5.36. The molecule has 1 aromatic rings. The zero-order valence-corrected chi connectivity index (χ0v) is 11.9. The van der Waals surface area contributed by atoms with Crippen LogP contribution in [0.2, 0.25) is 0 Å². The monoisotopic (exact) mass is 248 g/mol. The summed E-state index contributed by atoms with van der Waals surface area (Å²) in [6.07, 6.45) is 3.21. The molecule has 0 bridgehead atoms. The second kappa shape index (κ2) is 4.93. The molecule has 0 saturated heterocycles. The summed E-state index contributed by atoms with van der Waals surface area (Å²) in [5.74, 6) is 1.22. The molecule has 1 fully saturated rings. The Morgan fingerprint density at radius 1 is 1.39 bits per heavy atom. The first-order chi connectivity index (χ1) is 8.45. The molecule has 18 heavy (non-hydrogen) atoms. The molecule has 2 heteroatoms. The third-order valence-electron chi connectivity index (χ3n) is 4.52. The van der Waals surface area contributed by atoms with Crippen molar-refractivity contribution in [1.82, 2.24) is 0 Å². The number of hydrogen-bond donors (Lipinski definition) is 1. The van der Waals surface area contributed by atoms with E-state index in [1.807, 2.05) is 25.1 Å². The van der Waals surface area contributed by atoms with Gasteiger partial charge < -0.3 is 9.84 Å². The van der Waals surface area contributed by atoms with Crippen LogP contribution in [0.4, 0.5) is 0 Å². The summed E-state index contributed by atoms with van der Waals surface area (Å²) < 4.78 is 5.21. The molecule has 1 aliphatic carbocycles. The van der Waals surface area contributed by atoms with Gasteiger partial charge in [0.1, 0.15) is 5.75 Å². The molecule has 1 aliphatic rings. The number of hydrogen-bond acceptors (Lipinski definition) is 2. The third-order valence-corrected chi connectivity index (χ3v) is 4.52. The highest BCUT2D eigenvalue weighted by Gasteiger charge is 2.39. The molecule has 2 rings (SSSR count). The topological polar surface area (TPSA) is 29.5 Å². The predicted molar refractivity (Wildman–Crippen MR) is 73.8 cm³/mol. The lowest BCUT2D eigenvalue weighted by atomic mass is 9.76. The van der Waals surface area contributed by atoms with Gasteiger partial charge in [0.15, 0.2) is 0 Å². The van der Waals surface area contributed by atoms with Gasteiger partial charge in [-0.05, 0) is 54.4 Å². The van der Waals surface area contributed by atoms with Gasteiger partial charge in [0.25, 0.3) is 0 Å². The highest BCUT2D eigenvalue weighted by atomic mass is 16.5. The van der Waals surface area contributed by atoms with E-state index in [1.54, 1.807) is 7.11 Å². The summed E-state index contributed by atoms with van der Waals surface area (Å²) in [6.45, 7) is 6.59. The minimum atomic E-state index is -0.353. The van der Waals surface area contributed by atoms with E-state index in [4.69, 9.17) is 4.74 Å². The molecule has 0 amide bonds. The fourth-order valence-electron chi connectivity index (χ4n) is 3.26. The number of ether oxygens (including phenoxy) is 1. The second-order valence-corrected chi connectivity index (χ2v) is 6.15. The number of aliphatic hydroxyl groups is 1. The molecule has 0 aromatic heterocycles. The normalized spacial score (nSPS) is 23.9. The molecule has 0 heterocycles. The predicted octanol–water partition coefficient (Wildman–Crippen LogP) is 3.86. The quantitative estimate of drug-likeness (QED) is 0.880. The van der Waals surface area contributed by atoms with E-state index in [2.05, 4.69) is 13.8 Å². The molecule has 0 radical (unpaired) electrons. The van der Waals surface area contributed by atoms with Gasteiger partial charge in [-0.3, -0.25) is 0 Å². The Bertz CT molecular complexity index is 423. The van der Waals surface area contributed by atoms with Crippen LogP contribution in [0.25, 0.3) is 0 Å². The summed E-state index contributed by atoms with van der Waals surface area (Å²) in [6, 6.07) is 5.95. The van der Waals surface area contributed by atoms with Crippen LogP contribution in [0.1, 0.15) is 50.3 Å². The Hall–Kier alpha value is -1.02. The van der Waals surface area contributed by atoms with Crippen LogP contribution in [-0.4, -0.2) is 12.2 Å². The van der Waals surface area contributed by atoms with Crippen molar-refractivity contribution in [3.63, 3.8) is 0 Å². The van der Waals surface area contributed by atoms with E-state index < -0.39 is 0 Å². The van der Waals surface area contributed by atoms with Crippen molar-refractivity contribution in [2.75, 3.05) is 7.11 Å². The SMILES string of the molecule is COc1ccc(C(O)C2CCCC2(C)C)c(C)c1. The van der Waals surface area contributed by atoms with Crippen LogP contribution >= 0.6 is 0 Å². The van der Waals surface area contributed by atoms with Gasteiger partial charge in [-0.1, -0.05) is 26.3 Å². The summed E-state index contributed by atoms with van der Waals surface area (Å²) in [4.78, 5) is 0. The van der Waals surface area contributed by atoms with Crippen molar-refractivity contribution in [2.45, 2.75) is 46.1 Å². The Labute approximate surface area is 110 Å². The van der Waals surface area contributed by atoms with E-state index >= 15 is 0 Å². The molecule has 2 atom stereocenters. The Balaban J connectivity index is 2.26. The third kappa shape index (κ3) is 2.39. The molecule has 0 spiro atoms. The first-order valence-electron chi connectivity index (χ1n) is 6.78. The number of benzene rings is 1. The van der Waals surface area contributed by atoms with Crippen LogP contribution < -0.4 is 4.74 Å². The lowest BCUT2D eigenvalue weighted by Gasteiger charge is -2.32. The molecular formula is C16H24O2. The molecule has 0 aliphatic heterocycles. The van der Waals surface area contributed by atoms with E-state index in [-0.39, 0.29) is 11.5 Å². The smallest absolute Gasteiger partial charge is 0.119 e. The van der Waals surface area contributed by atoms with Crippen molar-refractivity contribution >= 4 is 0 Å². The van der Waals surface area contributed by atoms with Crippen molar-refractivity contribution in [1.29, 1.82) is 0 Å². The van der Waals surface area contributed by atoms with Crippen LogP contribution in [0.3, 0.4) is 0 Å². The largest absolute Gasteiger partial charge is 0.497 e. The molecule has 1 N–H and O–H groups in total. The van der Waals surface area contributed by atoms with Crippen molar-refractivity contribution in [2.24, 2.45) is 11.3 Å². The van der Waals surface area contributed by atoms with Gasteiger partial charge in [0, 0.05) is 0 Å². The lowest BCUT2D eigenvalue weighted by Crippen LogP contribution is -2.24. The van der Waals surface area contributed by atoms with E-state index in [0.717, 1.165) is 23.3 Å². The first-order valence-corrected chi connectivity index (χ1v) is 6.78. The minimum Gasteiger partial charge on any atom is -0.497 e. The summed E-state index contributed by atoms with van der Waals surface area (Å²) in [5.41, 5.74) is 2.41. The Kier molecular flexibility index (Phi) is 3.67. The van der Waals surface area contributed by atoms with Crippen molar-refractivity contribution in [3.05, 3.63) is 29.3 Å². The molecular weight excluding hydrogens is 224 g/mol. The maximum absolute atomic E-state index is 10.7. The highest BCUT2D eigenvalue weighted by Crippen LogP contribution is 2.49. The first kappa shape index (κ1) is 13.4. The average Bonchev–Trinajstić information content (AvgIpc) is 2.68. The van der Waals surface area contributed by atoms with Gasteiger partial charge in [-0.25, -0.2) is 0 Å². The average molecular weight is 248 g/mol. The fraction of sp³-hybridized carbons (Fsp3) is 0.625. The number of aryl methyl sites for hydroxylation is 1. The lowest BCUT2D eigenvalue weighted by molar-refractivity contribution is 0.0527. The zero-order valence-electron chi connectivity index (χ0n) is 11.9. The summed E-state index contributed by atoms with van der Waals surface area (Å²) in [7, 11) is 1.67. The van der Waals surface area contributed by atoms with E-state index in [1.165, 1.54) is 12.8 Å². The van der Waals surface area contributed by atoms with E-state index in [9.17, 15) is 5.11 Å². The number of methoxy groups -OCH3 is 1. The molecule has 2 nitrogen and oxygen atoms in total. The van der Waals surface area contributed by atoms with Gasteiger partial charge in [0.05, 0.1) is 13.2 Å². The van der Waals surface area contributed by atoms with Gasteiger partial charge >= 0.3 is 0 Å². The zero-order chi connectivity index (χ0) is 13.3. The molecule has 1 saturated carbocycles. The van der Waals surface area contributed by atoms with Crippen molar-refractivity contribution < 1.29 is 9.84 Å². The molecule has 1 aromatic carbocycles. The Morgan fingerprint density at radius 3 is 2.61 bits per heavy atom. The van der Waals surface area contributed by atoms with Crippen LogP contribution in [-0.2, 0) is 0 Å². The summed E-state index contributed by atoms with van der Waals surface area (Å²) in [5, 5.41) is 10.7. The van der Waals surface area contributed by atoms with Gasteiger partial charge in [0.2, 0.25) is 0 Å². The fourth-order valence-corrected chi connectivity index (χ4v) is 3.26. The minimum absolute atomic E-state index is 0.242. The molecule has 100 valence electrons. The number of aliphatic hydroxyl groups excluding tert-OH is 1. The van der Waals surface area contributed by atoms with E-state index in [0.29, 0.717) is 5.92 Å². The number of rotatable bonds is 3. The second-order valence-electron chi connectivity index (χ2n) is 6.15. The Morgan fingerprint density at radius 2 is 2.11 bits per heavy atom. The van der Waals surface area contributed by atoms with Gasteiger partial charge in [-0.2, -0.15) is 0 Å². The van der Waals surface area contributed by atoms with Crippen LogP contribution in [0, 0.1) is 18.3 Å². The maximum atomic E-state index is 10.7. The maximum Gasteiger partial charge on any atom is 0.119 e. The van der Waals surface area contributed by atoms with Crippen LogP contribution in [0.5, 0.6) is 5.75 Å².